The molecule has 0 saturated carbocycles. The Bertz CT molecular complexity index is 397. The van der Waals surface area contributed by atoms with E-state index in [-0.39, 0.29) is 11.9 Å². The number of nitrogens with zero attached hydrogens (tertiary/aromatic N) is 1. The van der Waals surface area contributed by atoms with Crippen LogP contribution in [0, 0.1) is 0 Å². The van der Waals surface area contributed by atoms with Gasteiger partial charge in [0.1, 0.15) is 0 Å². The molecule has 110 valence electrons. The van der Waals surface area contributed by atoms with Gasteiger partial charge in [0.05, 0.1) is 6.04 Å². The molecule has 0 aliphatic carbocycles. The molecule has 1 aliphatic heterocycles. The Morgan fingerprint density at radius 3 is 2.80 bits per heavy atom. The highest BCUT2D eigenvalue weighted by molar-refractivity contribution is 5.81. The Labute approximate surface area is 122 Å². The van der Waals surface area contributed by atoms with Crippen LogP contribution in [-0.4, -0.2) is 29.9 Å². The summed E-state index contributed by atoms with van der Waals surface area (Å²) in [5, 5.41) is 3.41. The smallest absolute Gasteiger partial charge is 0.240 e. The van der Waals surface area contributed by atoms with Crippen LogP contribution in [0.25, 0.3) is 0 Å². The Hall–Kier alpha value is -1.35. The lowest BCUT2D eigenvalue weighted by molar-refractivity contribution is -0.134. The highest BCUT2D eigenvalue weighted by Crippen LogP contribution is 2.13. The summed E-state index contributed by atoms with van der Waals surface area (Å²) in [4.78, 5) is 14.7. The first-order valence-corrected chi connectivity index (χ1v) is 7.87. The molecule has 1 N–H and O–H groups in total. The molecule has 0 aromatic heterocycles. The minimum Gasteiger partial charge on any atom is -0.337 e. The maximum Gasteiger partial charge on any atom is 0.240 e. The van der Waals surface area contributed by atoms with Gasteiger partial charge in [0.2, 0.25) is 5.91 Å². The zero-order valence-corrected chi connectivity index (χ0v) is 12.5. The van der Waals surface area contributed by atoms with Gasteiger partial charge in [0, 0.05) is 13.1 Å². The van der Waals surface area contributed by atoms with Crippen molar-refractivity contribution in [2.45, 2.75) is 51.6 Å². The van der Waals surface area contributed by atoms with Crippen LogP contribution in [-0.2, 0) is 11.3 Å². The summed E-state index contributed by atoms with van der Waals surface area (Å²) < 4.78 is 0. The molecule has 1 atom stereocenters. The van der Waals surface area contributed by atoms with Gasteiger partial charge in [-0.25, -0.2) is 0 Å². The van der Waals surface area contributed by atoms with Crippen LogP contribution in [0.1, 0.15) is 44.6 Å². The van der Waals surface area contributed by atoms with Gasteiger partial charge < -0.3 is 10.2 Å². The zero-order valence-electron chi connectivity index (χ0n) is 12.5. The van der Waals surface area contributed by atoms with Crippen LogP contribution >= 0.6 is 0 Å². The highest BCUT2D eigenvalue weighted by Gasteiger charge is 2.24. The largest absolute Gasteiger partial charge is 0.337 e. The van der Waals surface area contributed by atoms with Gasteiger partial charge in [-0.15, -0.1) is 0 Å². The summed E-state index contributed by atoms with van der Waals surface area (Å²) in [6.07, 6.45) is 5.58. The summed E-state index contributed by atoms with van der Waals surface area (Å²) in [6, 6.07) is 10.3. The van der Waals surface area contributed by atoms with E-state index < -0.39 is 0 Å². The monoisotopic (exact) mass is 274 g/mol. The van der Waals surface area contributed by atoms with Crippen LogP contribution in [0.5, 0.6) is 0 Å². The standard InChI is InChI=1S/C17H26N2O/c1-2-13-19(14-15-9-5-3-6-10-15)17(20)16-11-7-4-8-12-18-16/h3,5-6,9-10,16,18H,2,4,7-8,11-14H2,1H3. The quantitative estimate of drug-likeness (QED) is 0.895. The number of hydrogen-bond donors (Lipinski definition) is 1. The fourth-order valence-electron chi connectivity index (χ4n) is 2.80. The van der Waals surface area contributed by atoms with Gasteiger partial charge in [-0.2, -0.15) is 0 Å². The van der Waals surface area contributed by atoms with Crippen molar-refractivity contribution in [3.8, 4) is 0 Å². The molecule has 1 aromatic carbocycles. The minimum absolute atomic E-state index is 0.0211. The van der Waals surface area contributed by atoms with Gasteiger partial charge in [0.15, 0.2) is 0 Å². The molecule has 0 radical (unpaired) electrons. The molecule has 1 aliphatic rings. The summed E-state index contributed by atoms with van der Waals surface area (Å²) in [5.41, 5.74) is 1.21. The Morgan fingerprint density at radius 2 is 2.05 bits per heavy atom. The van der Waals surface area contributed by atoms with Gasteiger partial charge in [0.25, 0.3) is 0 Å². The van der Waals surface area contributed by atoms with Crippen molar-refractivity contribution in [3.63, 3.8) is 0 Å². The molecule has 1 aromatic rings. The molecule has 2 rings (SSSR count). The van der Waals surface area contributed by atoms with Crippen molar-refractivity contribution in [1.29, 1.82) is 0 Å². The number of carbonyl (C=O) groups excluding carboxylic acids is 1. The Kier molecular flexibility index (Phi) is 6.06. The number of hydrogen-bond acceptors (Lipinski definition) is 2. The number of benzene rings is 1. The van der Waals surface area contributed by atoms with Gasteiger partial charge in [-0.05, 0) is 31.4 Å². The average molecular weight is 274 g/mol. The number of rotatable bonds is 5. The third-order valence-corrected chi connectivity index (χ3v) is 3.88. The SMILES string of the molecule is CCCN(Cc1ccccc1)C(=O)C1CCCCCN1. The molecular formula is C17H26N2O. The molecule has 1 unspecified atom stereocenters. The fraction of sp³-hybridized carbons (Fsp3) is 0.588. The van der Waals surface area contributed by atoms with Crippen molar-refractivity contribution in [1.82, 2.24) is 10.2 Å². The third-order valence-electron chi connectivity index (χ3n) is 3.88. The number of carbonyl (C=O) groups is 1. The third kappa shape index (κ3) is 4.34. The molecule has 0 bridgehead atoms. The van der Waals surface area contributed by atoms with E-state index >= 15 is 0 Å². The van der Waals surface area contributed by atoms with Crippen LogP contribution in [0.15, 0.2) is 30.3 Å². The molecule has 1 saturated heterocycles. The number of amides is 1. The molecule has 1 heterocycles. The van der Waals surface area contributed by atoms with E-state index in [9.17, 15) is 4.79 Å². The van der Waals surface area contributed by atoms with Crippen molar-refractivity contribution in [2.24, 2.45) is 0 Å². The zero-order chi connectivity index (χ0) is 14.2. The first-order valence-electron chi connectivity index (χ1n) is 7.87. The maximum atomic E-state index is 12.7. The normalized spacial score (nSPS) is 19.4. The molecule has 1 amide bonds. The van der Waals surface area contributed by atoms with Gasteiger partial charge in [-0.3, -0.25) is 4.79 Å². The lowest BCUT2D eigenvalue weighted by Gasteiger charge is -2.27. The molecule has 3 nitrogen and oxygen atoms in total. The summed E-state index contributed by atoms with van der Waals surface area (Å²) >= 11 is 0. The van der Waals surface area contributed by atoms with Crippen LogP contribution in [0.4, 0.5) is 0 Å². The van der Waals surface area contributed by atoms with Gasteiger partial charge in [-0.1, -0.05) is 50.1 Å². The van der Waals surface area contributed by atoms with Crippen molar-refractivity contribution in [2.75, 3.05) is 13.1 Å². The topological polar surface area (TPSA) is 32.3 Å². The second kappa shape index (κ2) is 8.05. The van der Waals surface area contributed by atoms with E-state index in [4.69, 9.17) is 0 Å². The lowest BCUT2D eigenvalue weighted by atomic mass is 10.1. The molecule has 3 heteroatoms. The average Bonchev–Trinajstić information content (AvgIpc) is 2.76. The van der Waals surface area contributed by atoms with E-state index in [0.717, 1.165) is 38.9 Å². The fourth-order valence-corrected chi connectivity index (χ4v) is 2.80. The highest BCUT2D eigenvalue weighted by atomic mass is 16.2. The van der Waals surface area contributed by atoms with E-state index in [1.54, 1.807) is 0 Å². The molecule has 1 fully saturated rings. The predicted molar refractivity (Wildman–Crippen MR) is 82.4 cm³/mol. The second-order valence-electron chi connectivity index (χ2n) is 5.60. The summed E-state index contributed by atoms with van der Waals surface area (Å²) in [6.45, 7) is 4.67. The van der Waals surface area contributed by atoms with Crippen LogP contribution in [0.2, 0.25) is 0 Å². The van der Waals surface area contributed by atoms with Crippen LogP contribution in [0.3, 0.4) is 0 Å². The van der Waals surface area contributed by atoms with E-state index in [1.165, 1.54) is 18.4 Å². The van der Waals surface area contributed by atoms with E-state index in [2.05, 4.69) is 24.4 Å². The van der Waals surface area contributed by atoms with Crippen LogP contribution < -0.4 is 5.32 Å². The lowest BCUT2D eigenvalue weighted by Crippen LogP contribution is -2.46. The van der Waals surface area contributed by atoms with E-state index in [1.807, 2.05) is 23.1 Å². The second-order valence-corrected chi connectivity index (χ2v) is 5.60. The Balaban J connectivity index is 2.01. The molecular weight excluding hydrogens is 248 g/mol. The van der Waals surface area contributed by atoms with Gasteiger partial charge >= 0.3 is 0 Å². The maximum absolute atomic E-state index is 12.7. The first kappa shape index (κ1) is 15.0. The van der Waals surface area contributed by atoms with E-state index in [0.29, 0.717) is 0 Å². The summed E-state index contributed by atoms with van der Waals surface area (Å²) in [5.74, 6) is 0.276. The van der Waals surface area contributed by atoms with Crippen molar-refractivity contribution in [3.05, 3.63) is 35.9 Å². The molecule has 20 heavy (non-hydrogen) atoms. The minimum atomic E-state index is 0.0211. The molecule has 0 spiro atoms. The first-order chi connectivity index (χ1) is 9.81. The van der Waals surface area contributed by atoms with Crippen molar-refractivity contribution >= 4 is 5.91 Å². The summed E-state index contributed by atoms with van der Waals surface area (Å²) in [7, 11) is 0. The van der Waals surface area contributed by atoms with Crippen molar-refractivity contribution < 1.29 is 4.79 Å². The Morgan fingerprint density at radius 1 is 1.25 bits per heavy atom. The predicted octanol–water partition coefficient (Wildman–Crippen LogP) is 2.96. The number of nitrogens with one attached hydrogen (secondary N) is 1.